The Labute approximate surface area is 165 Å². The van der Waals surface area contributed by atoms with Crippen molar-refractivity contribution in [2.75, 3.05) is 19.6 Å². The average molecular weight is 387 g/mol. The first kappa shape index (κ1) is 18.7. The van der Waals surface area contributed by atoms with Gasteiger partial charge in [0.05, 0.1) is 0 Å². The Hall–Kier alpha value is -1.66. The summed E-state index contributed by atoms with van der Waals surface area (Å²) in [6.07, 6.45) is 10.4. The molecule has 0 saturated carbocycles. The Morgan fingerprint density at radius 3 is 2.78 bits per heavy atom. The van der Waals surface area contributed by atoms with Crippen molar-refractivity contribution in [3.05, 3.63) is 35.1 Å². The number of nitrogens with zero attached hydrogens (tertiary/aromatic N) is 3. The predicted molar refractivity (Wildman–Crippen MR) is 110 cm³/mol. The smallest absolute Gasteiger partial charge is 0.271 e. The summed E-state index contributed by atoms with van der Waals surface area (Å²) >= 11 is 1.62. The van der Waals surface area contributed by atoms with Crippen molar-refractivity contribution in [3.63, 3.8) is 0 Å². The number of fused-ring (bicyclic) bond motifs is 1. The van der Waals surface area contributed by atoms with E-state index in [1.807, 2.05) is 29.1 Å². The fourth-order valence-corrected chi connectivity index (χ4v) is 5.60. The highest BCUT2D eigenvalue weighted by Crippen LogP contribution is 2.31. The number of hydrogen-bond acceptors (Lipinski definition) is 4. The van der Waals surface area contributed by atoms with Crippen LogP contribution in [0.4, 0.5) is 0 Å². The summed E-state index contributed by atoms with van der Waals surface area (Å²) in [5.74, 6) is 0.852. The molecule has 2 aromatic heterocycles. The quantitative estimate of drug-likeness (QED) is 0.843. The van der Waals surface area contributed by atoms with Crippen molar-refractivity contribution in [1.29, 1.82) is 0 Å². The SMILES string of the molecule is CC(C)c1sc(-n2cccc2)nc1C(=O)NCC1CCCN2CCCCC12. The molecule has 1 N–H and O–H groups in total. The van der Waals surface area contributed by atoms with Crippen LogP contribution in [0.2, 0.25) is 0 Å². The maximum atomic E-state index is 13.0. The normalized spacial score (nSPS) is 23.4. The molecule has 2 unspecified atom stereocenters. The topological polar surface area (TPSA) is 50.2 Å². The van der Waals surface area contributed by atoms with E-state index < -0.39 is 0 Å². The number of carbonyl (C=O) groups is 1. The minimum Gasteiger partial charge on any atom is -0.350 e. The summed E-state index contributed by atoms with van der Waals surface area (Å²) < 4.78 is 1.98. The van der Waals surface area contributed by atoms with Crippen LogP contribution in [0.15, 0.2) is 24.5 Å². The van der Waals surface area contributed by atoms with Crippen LogP contribution in [0, 0.1) is 5.92 Å². The molecule has 4 rings (SSSR count). The molecular formula is C21H30N4OS. The van der Waals surface area contributed by atoms with Crippen LogP contribution >= 0.6 is 11.3 Å². The zero-order chi connectivity index (χ0) is 18.8. The highest BCUT2D eigenvalue weighted by Gasteiger charge is 2.33. The highest BCUT2D eigenvalue weighted by molar-refractivity contribution is 7.14. The predicted octanol–water partition coefficient (Wildman–Crippen LogP) is 4.05. The molecule has 0 radical (unpaired) electrons. The number of carbonyl (C=O) groups excluding carboxylic acids is 1. The molecule has 0 aromatic carbocycles. The third-order valence-electron chi connectivity index (χ3n) is 5.96. The van der Waals surface area contributed by atoms with E-state index in [0.29, 0.717) is 17.7 Å². The highest BCUT2D eigenvalue weighted by atomic mass is 32.1. The molecule has 146 valence electrons. The van der Waals surface area contributed by atoms with Gasteiger partial charge in [0.2, 0.25) is 0 Å². The van der Waals surface area contributed by atoms with Crippen LogP contribution in [-0.2, 0) is 0 Å². The number of hydrogen-bond donors (Lipinski definition) is 1. The number of thiazole rings is 1. The van der Waals surface area contributed by atoms with Gasteiger partial charge >= 0.3 is 0 Å². The van der Waals surface area contributed by atoms with Crippen molar-refractivity contribution in [2.24, 2.45) is 5.92 Å². The average Bonchev–Trinajstić information content (AvgIpc) is 3.35. The molecule has 2 atom stereocenters. The van der Waals surface area contributed by atoms with Crippen LogP contribution in [0.5, 0.6) is 0 Å². The summed E-state index contributed by atoms with van der Waals surface area (Å²) in [6, 6.07) is 4.62. The van der Waals surface area contributed by atoms with Gasteiger partial charge in [-0.1, -0.05) is 20.3 Å². The van der Waals surface area contributed by atoms with E-state index in [2.05, 4.69) is 29.0 Å². The lowest BCUT2D eigenvalue weighted by Gasteiger charge is -2.44. The molecular weight excluding hydrogens is 356 g/mol. The molecule has 2 aromatic rings. The van der Waals surface area contributed by atoms with E-state index in [-0.39, 0.29) is 11.8 Å². The second-order valence-electron chi connectivity index (χ2n) is 8.17. The van der Waals surface area contributed by atoms with Gasteiger partial charge in [0.15, 0.2) is 5.13 Å². The van der Waals surface area contributed by atoms with Crippen LogP contribution in [0.3, 0.4) is 0 Å². The maximum Gasteiger partial charge on any atom is 0.271 e. The molecule has 27 heavy (non-hydrogen) atoms. The van der Waals surface area contributed by atoms with Crippen LogP contribution in [0.25, 0.3) is 5.13 Å². The van der Waals surface area contributed by atoms with Crippen molar-refractivity contribution < 1.29 is 4.79 Å². The van der Waals surface area contributed by atoms with Crippen molar-refractivity contribution in [1.82, 2.24) is 19.8 Å². The molecule has 0 aliphatic carbocycles. The van der Waals surface area contributed by atoms with Crippen molar-refractivity contribution in [2.45, 2.75) is 57.9 Å². The first-order valence-electron chi connectivity index (χ1n) is 10.3. The molecule has 0 bridgehead atoms. The molecule has 2 aliphatic rings. The third-order valence-corrected chi connectivity index (χ3v) is 7.33. The first-order valence-corrected chi connectivity index (χ1v) is 11.1. The van der Waals surface area contributed by atoms with Gasteiger partial charge in [-0.25, -0.2) is 4.98 Å². The van der Waals surface area contributed by atoms with Gasteiger partial charge in [-0.05, 0) is 62.7 Å². The lowest BCUT2D eigenvalue weighted by atomic mass is 9.83. The maximum absolute atomic E-state index is 13.0. The van der Waals surface area contributed by atoms with Gasteiger partial charge in [-0.2, -0.15) is 0 Å². The van der Waals surface area contributed by atoms with Crippen LogP contribution in [-0.4, -0.2) is 46.0 Å². The minimum atomic E-state index is -0.0127. The molecule has 2 fully saturated rings. The monoisotopic (exact) mass is 386 g/mol. The Morgan fingerprint density at radius 1 is 1.22 bits per heavy atom. The molecule has 5 nitrogen and oxygen atoms in total. The van der Waals surface area contributed by atoms with E-state index in [9.17, 15) is 4.79 Å². The van der Waals surface area contributed by atoms with Crippen molar-refractivity contribution >= 4 is 17.2 Å². The summed E-state index contributed by atoms with van der Waals surface area (Å²) in [4.78, 5) is 21.4. The van der Waals surface area contributed by atoms with E-state index >= 15 is 0 Å². The summed E-state index contributed by atoms with van der Waals surface area (Å²) in [5.41, 5.74) is 0.606. The Kier molecular flexibility index (Phi) is 5.64. The van der Waals surface area contributed by atoms with E-state index in [1.54, 1.807) is 11.3 Å². The second kappa shape index (κ2) is 8.15. The van der Waals surface area contributed by atoms with Gasteiger partial charge < -0.3 is 14.8 Å². The van der Waals surface area contributed by atoms with Gasteiger partial charge in [0, 0.05) is 29.9 Å². The van der Waals surface area contributed by atoms with E-state index in [4.69, 9.17) is 0 Å². The fourth-order valence-electron chi connectivity index (χ4n) is 4.57. The number of rotatable bonds is 5. The molecule has 6 heteroatoms. The molecule has 2 aliphatic heterocycles. The zero-order valence-corrected chi connectivity index (χ0v) is 17.2. The van der Waals surface area contributed by atoms with Gasteiger partial charge in [-0.15, -0.1) is 11.3 Å². The zero-order valence-electron chi connectivity index (χ0n) is 16.4. The molecule has 0 spiro atoms. The lowest BCUT2D eigenvalue weighted by Crippen LogP contribution is -2.51. The second-order valence-corrected chi connectivity index (χ2v) is 9.17. The third kappa shape index (κ3) is 3.97. The largest absolute Gasteiger partial charge is 0.350 e. The number of piperidine rings is 2. The fraction of sp³-hybridized carbons (Fsp3) is 0.619. The Morgan fingerprint density at radius 2 is 2.00 bits per heavy atom. The van der Waals surface area contributed by atoms with Crippen molar-refractivity contribution in [3.8, 4) is 5.13 Å². The summed E-state index contributed by atoms with van der Waals surface area (Å²) in [7, 11) is 0. The number of aromatic nitrogens is 2. The standard InChI is InChI=1S/C21H30N4OS/c1-15(2)19-18(23-21(27-19)25-11-5-6-12-25)20(26)22-14-16-8-7-13-24-10-4-3-9-17(16)24/h5-6,11-12,15-17H,3-4,7-10,13-14H2,1-2H3,(H,22,26). The molecule has 1 amide bonds. The van der Waals surface area contributed by atoms with Gasteiger partial charge in [0.1, 0.15) is 5.69 Å². The van der Waals surface area contributed by atoms with E-state index in [0.717, 1.165) is 16.6 Å². The summed E-state index contributed by atoms with van der Waals surface area (Å²) in [5, 5.41) is 4.09. The first-order chi connectivity index (χ1) is 13.1. The molecule has 2 saturated heterocycles. The summed E-state index contributed by atoms with van der Waals surface area (Å²) in [6.45, 7) is 7.50. The lowest BCUT2D eigenvalue weighted by molar-refractivity contribution is 0.0575. The Balaban J connectivity index is 1.46. The minimum absolute atomic E-state index is 0.0127. The number of amides is 1. The number of nitrogens with one attached hydrogen (secondary N) is 1. The van der Waals surface area contributed by atoms with Gasteiger partial charge in [-0.3, -0.25) is 4.79 Å². The van der Waals surface area contributed by atoms with E-state index in [1.165, 1.54) is 45.2 Å². The Bertz CT molecular complexity index is 765. The van der Waals surface area contributed by atoms with Gasteiger partial charge in [0.25, 0.3) is 5.91 Å². The van der Waals surface area contributed by atoms with Crippen LogP contribution in [0.1, 0.15) is 67.2 Å². The van der Waals surface area contributed by atoms with Crippen LogP contribution < -0.4 is 5.32 Å². The molecule has 4 heterocycles.